The van der Waals surface area contributed by atoms with E-state index in [0.29, 0.717) is 13.2 Å². The molecule has 0 saturated carbocycles. The van der Waals surface area contributed by atoms with Gasteiger partial charge in [-0.2, -0.15) is 0 Å². The molecule has 0 bridgehead atoms. The molecule has 0 rings (SSSR count). The second kappa shape index (κ2) is 14.6. The predicted molar refractivity (Wildman–Crippen MR) is 61.9 cm³/mol. The molecule has 0 unspecified atom stereocenters. The Morgan fingerprint density at radius 3 is 1.43 bits per heavy atom. The van der Waals surface area contributed by atoms with Crippen LogP contribution in [0.15, 0.2) is 0 Å². The van der Waals surface area contributed by atoms with Crippen molar-refractivity contribution in [2.45, 2.75) is 20.8 Å². The van der Waals surface area contributed by atoms with Crippen LogP contribution in [0.25, 0.3) is 0 Å². The van der Waals surface area contributed by atoms with Gasteiger partial charge in [0.05, 0.1) is 0 Å². The van der Waals surface area contributed by atoms with E-state index in [-0.39, 0.29) is 0 Å². The van der Waals surface area contributed by atoms with Crippen LogP contribution in [0.4, 0.5) is 0 Å². The zero-order valence-corrected chi connectivity index (χ0v) is 9.55. The van der Waals surface area contributed by atoms with Gasteiger partial charge in [-0.1, -0.05) is 32.6 Å². The highest BCUT2D eigenvalue weighted by atomic mass is 16.5. The van der Waals surface area contributed by atoms with Gasteiger partial charge in [0.2, 0.25) is 0 Å². The Hall–Kier alpha value is -0.960. The molecule has 0 aromatic carbocycles. The molecule has 0 aliphatic carbocycles. The van der Waals surface area contributed by atoms with Crippen LogP contribution in [-0.2, 0) is 4.74 Å². The highest BCUT2D eigenvalue weighted by molar-refractivity contribution is 4.87. The van der Waals surface area contributed by atoms with E-state index in [0.717, 1.165) is 0 Å². The van der Waals surface area contributed by atoms with Crippen molar-refractivity contribution >= 4 is 0 Å². The lowest BCUT2D eigenvalue weighted by molar-refractivity contribution is 0.205. The molecule has 2 nitrogen and oxygen atoms in total. The highest BCUT2D eigenvalue weighted by Gasteiger charge is 1.89. The summed E-state index contributed by atoms with van der Waals surface area (Å²) in [7, 11) is 0. The Kier molecular flexibility index (Phi) is 16.1. The summed E-state index contributed by atoms with van der Waals surface area (Å²) in [6.45, 7) is 10.7. The molecule has 0 amide bonds. The first-order valence-electron chi connectivity index (χ1n) is 4.93. The topological polar surface area (TPSA) is 12.5 Å². The number of rotatable bonds is 5. The standard InChI is InChI=1S/C6H15N.C6H6O/c1-4-7(5-2)6-3;1-3-5-7-6-4-2/h4-6H2,1-3H3;1-2H,5-6H2. The smallest absolute Gasteiger partial charge is 0.108 e. The van der Waals surface area contributed by atoms with Crippen molar-refractivity contribution in [2.75, 3.05) is 32.8 Å². The minimum absolute atomic E-state index is 0.310. The van der Waals surface area contributed by atoms with Crippen LogP contribution in [0.5, 0.6) is 0 Å². The van der Waals surface area contributed by atoms with Crippen LogP contribution in [0.2, 0.25) is 0 Å². The van der Waals surface area contributed by atoms with Crippen molar-refractivity contribution in [3.05, 3.63) is 0 Å². The Bertz CT molecular complexity index is 152. The van der Waals surface area contributed by atoms with Crippen LogP contribution >= 0.6 is 0 Å². The van der Waals surface area contributed by atoms with Gasteiger partial charge in [-0.05, 0) is 19.6 Å². The van der Waals surface area contributed by atoms with Gasteiger partial charge in [0.25, 0.3) is 0 Å². The SMILES string of the molecule is C#CCOCC#C.CCN(CC)CC. The number of nitrogens with zero attached hydrogens (tertiary/aromatic N) is 1. The quantitative estimate of drug-likeness (QED) is 0.488. The first-order valence-corrected chi connectivity index (χ1v) is 4.93. The lowest BCUT2D eigenvalue weighted by atomic mass is 10.5. The largest absolute Gasteiger partial charge is 0.356 e. The van der Waals surface area contributed by atoms with E-state index in [1.54, 1.807) is 0 Å². The molecule has 0 aliphatic rings. The number of hydrogen-bond donors (Lipinski definition) is 0. The number of hydrogen-bond acceptors (Lipinski definition) is 2. The molecule has 0 saturated heterocycles. The maximum Gasteiger partial charge on any atom is 0.108 e. The van der Waals surface area contributed by atoms with Crippen LogP contribution in [0, 0.1) is 24.7 Å². The number of ether oxygens (including phenoxy) is 1. The van der Waals surface area contributed by atoms with Crippen molar-refractivity contribution in [3.63, 3.8) is 0 Å². The summed E-state index contributed by atoms with van der Waals surface area (Å²) >= 11 is 0. The maximum absolute atomic E-state index is 4.83. The third-order valence-corrected chi connectivity index (χ3v) is 1.71. The summed E-state index contributed by atoms with van der Waals surface area (Å²) < 4.78 is 4.66. The van der Waals surface area contributed by atoms with E-state index in [9.17, 15) is 0 Å². The summed E-state index contributed by atoms with van der Waals surface area (Å²) in [5.41, 5.74) is 0. The van der Waals surface area contributed by atoms with Crippen LogP contribution in [0.1, 0.15) is 20.8 Å². The lowest BCUT2D eigenvalue weighted by Gasteiger charge is -2.13. The molecule has 2 heteroatoms. The summed E-state index contributed by atoms with van der Waals surface area (Å²) in [6.07, 6.45) is 9.65. The Morgan fingerprint density at radius 1 is 0.929 bits per heavy atom. The molecule has 0 heterocycles. The van der Waals surface area contributed by atoms with Gasteiger partial charge < -0.3 is 9.64 Å². The van der Waals surface area contributed by atoms with Crippen molar-refractivity contribution in [1.82, 2.24) is 4.90 Å². The van der Waals surface area contributed by atoms with Gasteiger partial charge in [0, 0.05) is 0 Å². The second-order valence-electron chi connectivity index (χ2n) is 2.52. The molecule has 0 aromatic heterocycles. The molecule has 0 N–H and O–H groups in total. The highest BCUT2D eigenvalue weighted by Crippen LogP contribution is 1.81. The van der Waals surface area contributed by atoms with Gasteiger partial charge >= 0.3 is 0 Å². The molecule has 0 aromatic rings. The van der Waals surface area contributed by atoms with Gasteiger partial charge in [-0.25, -0.2) is 0 Å². The van der Waals surface area contributed by atoms with Crippen molar-refractivity contribution in [1.29, 1.82) is 0 Å². The van der Waals surface area contributed by atoms with Gasteiger partial charge in [-0.3, -0.25) is 0 Å². The van der Waals surface area contributed by atoms with Crippen LogP contribution in [-0.4, -0.2) is 37.7 Å². The Morgan fingerprint density at radius 2 is 1.29 bits per heavy atom. The van der Waals surface area contributed by atoms with E-state index in [1.165, 1.54) is 19.6 Å². The average molecular weight is 195 g/mol. The summed E-state index contributed by atoms with van der Waals surface area (Å²) in [5, 5.41) is 0. The second-order valence-corrected chi connectivity index (χ2v) is 2.52. The third-order valence-electron chi connectivity index (χ3n) is 1.71. The average Bonchev–Trinajstić information content (AvgIpc) is 2.22. The fourth-order valence-electron chi connectivity index (χ4n) is 0.840. The Labute approximate surface area is 88.6 Å². The summed E-state index contributed by atoms with van der Waals surface area (Å²) in [6, 6.07) is 0. The van der Waals surface area contributed by atoms with Gasteiger partial charge in [0.15, 0.2) is 0 Å². The first kappa shape index (κ1) is 15.5. The van der Waals surface area contributed by atoms with Gasteiger partial charge in [-0.15, -0.1) is 12.8 Å². The van der Waals surface area contributed by atoms with E-state index in [2.05, 4.69) is 42.2 Å². The predicted octanol–water partition coefficient (Wildman–Crippen LogP) is 1.62. The molecular formula is C12H21NO. The molecule has 0 aliphatic heterocycles. The van der Waals surface area contributed by atoms with Crippen molar-refractivity contribution < 1.29 is 4.74 Å². The molecule has 0 atom stereocenters. The summed E-state index contributed by atoms with van der Waals surface area (Å²) in [4.78, 5) is 2.38. The third kappa shape index (κ3) is 13.6. The van der Waals surface area contributed by atoms with Crippen molar-refractivity contribution in [3.8, 4) is 24.7 Å². The van der Waals surface area contributed by atoms with E-state index in [4.69, 9.17) is 12.8 Å². The molecule has 0 spiro atoms. The molecular weight excluding hydrogens is 174 g/mol. The minimum Gasteiger partial charge on any atom is -0.356 e. The molecule has 14 heavy (non-hydrogen) atoms. The lowest BCUT2D eigenvalue weighted by Crippen LogP contribution is -2.21. The Balaban J connectivity index is 0. The van der Waals surface area contributed by atoms with E-state index in [1.807, 2.05) is 0 Å². The zero-order chi connectivity index (χ0) is 11.2. The molecule has 0 fully saturated rings. The summed E-state index contributed by atoms with van der Waals surface area (Å²) in [5.74, 6) is 4.57. The number of terminal acetylenes is 2. The van der Waals surface area contributed by atoms with Crippen LogP contribution in [0.3, 0.4) is 0 Å². The van der Waals surface area contributed by atoms with E-state index >= 15 is 0 Å². The van der Waals surface area contributed by atoms with E-state index < -0.39 is 0 Å². The molecule has 80 valence electrons. The first-order chi connectivity index (χ1) is 6.76. The minimum atomic E-state index is 0.310. The fraction of sp³-hybridized carbons (Fsp3) is 0.667. The molecule has 0 radical (unpaired) electrons. The maximum atomic E-state index is 4.83. The monoisotopic (exact) mass is 195 g/mol. The normalized spacial score (nSPS) is 8.43. The zero-order valence-electron chi connectivity index (χ0n) is 9.55. The van der Waals surface area contributed by atoms with Crippen LogP contribution < -0.4 is 0 Å². The fourth-order valence-corrected chi connectivity index (χ4v) is 0.840. The van der Waals surface area contributed by atoms with Gasteiger partial charge in [0.1, 0.15) is 13.2 Å². The van der Waals surface area contributed by atoms with Crippen molar-refractivity contribution in [2.24, 2.45) is 0 Å².